The van der Waals surface area contributed by atoms with Gasteiger partial charge in [0.05, 0.1) is 12.2 Å². The van der Waals surface area contributed by atoms with Crippen LogP contribution < -0.4 is 5.32 Å². The van der Waals surface area contributed by atoms with Crippen molar-refractivity contribution in [2.24, 2.45) is 0 Å². The van der Waals surface area contributed by atoms with E-state index in [9.17, 15) is 0 Å². The third-order valence-corrected chi connectivity index (χ3v) is 3.45. The van der Waals surface area contributed by atoms with Crippen molar-refractivity contribution in [1.29, 1.82) is 0 Å². The highest BCUT2D eigenvalue weighted by Crippen LogP contribution is 2.21. The van der Waals surface area contributed by atoms with Gasteiger partial charge in [-0.1, -0.05) is 17.5 Å². The van der Waals surface area contributed by atoms with Crippen LogP contribution in [-0.2, 0) is 6.54 Å². The number of anilines is 1. The Morgan fingerprint density at radius 2 is 2.38 bits per heavy atom. The van der Waals surface area contributed by atoms with Gasteiger partial charge in [0.1, 0.15) is 0 Å². The lowest BCUT2D eigenvalue weighted by Gasteiger charge is -2.05. The number of rotatable bonds is 5. The summed E-state index contributed by atoms with van der Waals surface area (Å²) in [5.74, 6) is 1.10. The molecule has 0 bridgehead atoms. The Kier molecular flexibility index (Phi) is 4.18. The van der Waals surface area contributed by atoms with Gasteiger partial charge in [0.2, 0.25) is 0 Å². The minimum Gasteiger partial charge on any atom is -0.379 e. The van der Waals surface area contributed by atoms with Crippen LogP contribution in [0.1, 0.15) is 12.6 Å². The molecular formula is C11H13N3S2. The Labute approximate surface area is 103 Å². The second kappa shape index (κ2) is 5.86. The van der Waals surface area contributed by atoms with Crippen LogP contribution in [0.5, 0.6) is 0 Å². The maximum atomic E-state index is 3.99. The Morgan fingerprint density at radius 3 is 3.12 bits per heavy atom. The van der Waals surface area contributed by atoms with E-state index in [2.05, 4.69) is 46.1 Å². The van der Waals surface area contributed by atoms with Gasteiger partial charge in [0.15, 0.2) is 0 Å². The number of nitrogens with one attached hydrogen (secondary N) is 1. The molecule has 0 amide bonds. The van der Waals surface area contributed by atoms with Crippen molar-refractivity contribution >= 4 is 29.0 Å². The van der Waals surface area contributed by atoms with Gasteiger partial charge in [-0.05, 0) is 35.5 Å². The van der Waals surface area contributed by atoms with Gasteiger partial charge in [-0.3, -0.25) is 0 Å². The van der Waals surface area contributed by atoms with Crippen molar-refractivity contribution in [3.63, 3.8) is 0 Å². The van der Waals surface area contributed by atoms with E-state index in [1.807, 2.05) is 17.1 Å². The molecule has 0 atom stereocenters. The zero-order valence-electron chi connectivity index (χ0n) is 9.01. The smallest absolute Gasteiger partial charge is 0.0946 e. The fourth-order valence-electron chi connectivity index (χ4n) is 1.32. The fraction of sp³-hybridized carbons (Fsp3) is 0.273. The number of nitrogens with zero attached hydrogens (tertiary/aromatic N) is 2. The maximum Gasteiger partial charge on any atom is 0.0946 e. The van der Waals surface area contributed by atoms with Gasteiger partial charge in [0, 0.05) is 16.0 Å². The van der Waals surface area contributed by atoms with Crippen molar-refractivity contribution in [2.75, 3.05) is 11.1 Å². The third-order valence-electron chi connectivity index (χ3n) is 2.02. The predicted molar refractivity (Wildman–Crippen MR) is 70.1 cm³/mol. The molecule has 1 heterocycles. The Bertz CT molecular complexity index is 429. The van der Waals surface area contributed by atoms with Crippen LogP contribution in [0.2, 0.25) is 0 Å². The van der Waals surface area contributed by atoms with Crippen LogP contribution >= 0.6 is 23.3 Å². The maximum absolute atomic E-state index is 3.99. The average Bonchev–Trinajstić information content (AvgIpc) is 2.80. The summed E-state index contributed by atoms with van der Waals surface area (Å²) in [5.41, 5.74) is 2.12. The summed E-state index contributed by atoms with van der Waals surface area (Å²) in [4.78, 5) is 1.30. The van der Waals surface area contributed by atoms with Crippen molar-refractivity contribution in [2.45, 2.75) is 18.4 Å². The van der Waals surface area contributed by atoms with Crippen LogP contribution in [0.3, 0.4) is 0 Å². The quantitative estimate of drug-likeness (QED) is 0.828. The molecule has 3 nitrogen and oxygen atoms in total. The van der Waals surface area contributed by atoms with Crippen LogP contribution in [0.25, 0.3) is 0 Å². The molecule has 16 heavy (non-hydrogen) atoms. The van der Waals surface area contributed by atoms with E-state index in [1.165, 1.54) is 16.4 Å². The molecule has 1 aromatic carbocycles. The van der Waals surface area contributed by atoms with E-state index in [0.717, 1.165) is 23.7 Å². The first kappa shape index (κ1) is 11.4. The summed E-state index contributed by atoms with van der Waals surface area (Å²) in [7, 11) is 0. The molecule has 0 aliphatic carbocycles. The summed E-state index contributed by atoms with van der Waals surface area (Å²) in [5, 5.41) is 9.28. The molecule has 0 spiro atoms. The van der Waals surface area contributed by atoms with Gasteiger partial charge in [-0.2, -0.15) is 0 Å². The van der Waals surface area contributed by atoms with E-state index in [4.69, 9.17) is 0 Å². The Morgan fingerprint density at radius 1 is 1.44 bits per heavy atom. The number of hydrogen-bond acceptors (Lipinski definition) is 5. The van der Waals surface area contributed by atoms with Gasteiger partial charge in [-0.25, -0.2) is 0 Å². The first-order valence-electron chi connectivity index (χ1n) is 5.11. The standard InChI is InChI=1S/C11H13N3S2/c1-2-15-11-5-3-4-9(6-11)12-7-10-8-16-14-13-10/h3-6,8,12H,2,7H2,1H3. The van der Waals surface area contributed by atoms with Crippen LogP contribution in [0.4, 0.5) is 5.69 Å². The van der Waals surface area contributed by atoms with E-state index in [0.29, 0.717) is 0 Å². The van der Waals surface area contributed by atoms with Gasteiger partial charge in [-0.15, -0.1) is 16.9 Å². The largest absolute Gasteiger partial charge is 0.379 e. The molecule has 0 aliphatic rings. The first-order chi connectivity index (χ1) is 7.88. The monoisotopic (exact) mass is 251 g/mol. The topological polar surface area (TPSA) is 37.8 Å². The summed E-state index contributed by atoms with van der Waals surface area (Å²) in [6.07, 6.45) is 0. The molecule has 0 radical (unpaired) electrons. The Balaban J connectivity index is 1.96. The predicted octanol–water partition coefficient (Wildman–Crippen LogP) is 3.26. The molecule has 0 aliphatic heterocycles. The highest BCUT2D eigenvalue weighted by molar-refractivity contribution is 7.99. The summed E-state index contributed by atoms with van der Waals surface area (Å²) in [6, 6.07) is 8.43. The molecular weight excluding hydrogens is 238 g/mol. The van der Waals surface area contributed by atoms with E-state index in [-0.39, 0.29) is 0 Å². The number of benzene rings is 1. The summed E-state index contributed by atoms with van der Waals surface area (Å²) in [6.45, 7) is 2.89. The molecule has 0 unspecified atom stereocenters. The first-order valence-corrected chi connectivity index (χ1v) is 6.93. The molecule has 1 aromatic heterocycles. The van der Waals surface area contributed by atoms with Gasteiger partial charge in [0.25, 0.3) is 0 Å². The van der Waals surface area contributed by atoms with Crippen molar-refractivity contribution in [3.8, 4) is 0 Å². The van der Waals surface area contributed by atoms with Gasteiger partial charge < -0.3 is 5.32 Å². The molecule has 1 N–H and O–H groups in total. The van der Waals surface area contributed by atoms with Crippen molar-refractivity contribution in [1.82, 2.24) is 9.59 Å². The lowest BCUT2D eigenvalue weighted by Crippen LogP contribution is -1.99. The number of thioether (sulfide) groups is 1. The van der Waals surface area contributed by atoms with Gasteiger partial charge >= 0.3 is 0 Å². The molecule has 0 fully saturated rings. The van der Waals surface area contributed by atoms with Crippen LogP contribution in [-0.4, -0.2) is 15.3 Å². The molecule has 2 rings (SSSR count). The molecule has 0 saturated carbocycles. The normalized spacial score (nSPS) is 10.3. The highest BCUT2D eigenvalue weighted by atomic mass is 32.2. The molecule has 5 heteroatoms. The number of aromatic nitrogens is 2. The minimum atomic E-state index is 0.733. The lowest BCUT2D eigenvalue weighted by atomic mass is 10.3. The zero-order valence-corrected chi connectivity index (χ0v) is 10.6. The zero-order chi connectivity index (χ0) is 11.2. The molecule has 0 saturated heterocycles. The van der Waals surface area contributed by atoms with E-state index < -0.39 is 0 Å². The van der Waals surface area contributed by atoms with E-state index in [1.54, 1.807) is 0 Å². The van der Waals surface area contributed by atoms with Crippen LogP contribution in [0, 0.1) is 0 Å². The summed E-state index contributed by atoms with van der Waals surface area (Å²) >= 11 is 3.23. The molecule has 2 aromatic rings. The van der Waals surface area contributed by atoms with Crippen LogP contribution in [0.15, 0.2) is 34.5 Å². The van der Waals surface area contributed by atoms with Crippen molar-refractivity contribution in [3.05, 3.63) is 35.3 Å². The number of hydrogen-bond donors (Lipinski definition) is 1. The third kappa shape index (κ3) is 3.21. The SMILES string of the molecule is CCSc1cccc(NCc2csnn2)c1. The summed E-state index contributed by atoms with van der Waals surface area (Å²) < 4.78 is 3.83. The second-order valence-electron chi connectivity index (χ2n) is 3.21. The minimum absolute atomic E-state index is 0.733. The highest BCUT2D eigenvalue weighted by Gasteiger charge is 1.98. The van der Waals surface area contributed by atoms with Crippen molar-refractivity contribution < 1.29 is 0 Å². The second-order valence-corrected chi connectivity index (χ2v) is 5.16. The fourth-order valence-corrected chi connectivity index (χ4v) is 2.49. The average molecular weight is 251 g/mol. The lowest BCUT2D eigenvalue weighted by molar-refractivity contribution is 0.998. The van der Waals surface area contributed by atoms with E-state index >= 15 is 0 Å². The molecule has 84 valence electrons. The Hall–Kier alpha value is -1.07.